The highest BCUT2D eigenvalue weighted by Gasteiger charge is 2.11. The predicted molar refractivity (Wildman–Crippen MR) is 74.1 cm³/mol. The lowest BCUT2D eigenvalue weighted by molar-refractivity contribution is 0.0951. The van der Waals surface area contributed by atoms with E-state index in [1.165, 1.54) is 10.4 Å². The first kappa shape index (κ1) is 13.1. The summed E-state index contributed by atoms with van der Waals surface area (Å²) in [7, 11) is 0. The van der Waals surface area contributed by atoms with Crippen LogP contribution in [0.2, 0.25) is 5.15 Å². The summed E-state index contributed by atoms with van der Waals surface area (Å²) in [5.41, 5.74) is 1.69. The van der Waals surface area contributed by atoms with Crippen molar-refractivity contribution in [3.63, 3.8) is 0 Å². The van der Waals surface area contributed by atoms with Crippen molar-refractivity contribution in [3.8, 4) is 0 Å². The Kier molecular flexibility index (Phi) is 4.33. The summed E-state index contributed by atoms with van der Waals surface area (Å²) < 4.78 is 0. The topological polar surface area (TPSA) is 42.0 Å². The maximum atomic E-state index is 11.9. The average molecular weight is 281 g/mol. The summed E-state index contributed by atoms with van der Waals surface area (Å²) in [6, 6.07) is 5.45. The molecule has 0 saturated carbocycles. The molecular formula is C13H13ClN2OS. The van der Waals surface area contributed by atoms with E-state index in [1.807, 2.05) is 5.38 Å². The van der Waals surface area contributed by atoms with Gasteiger partial charge in [-0.2, -0.15) is 0 Å². The minimum Gasteiger partial charge on any atom is -0.347 e. The molecule has 2 aromatic heterocycles. The number of nitrogens with zero attached hydrogens (tertiary/aromatic N) is 1. The van der Waals surface area contributed by atoms with Crippen molar-refractivity contribution in [1.29, 1.82) is 0 Å². The molecule has 2 heterocycles. The number of hydrogen-bond donors (Lipinski definition) is 1. The molecule has 1 amide bonds. The number of halogens is 1. The number of nitrogens with one attached hydrogen (secondary N) is 1. The minimum absolute atomic E-state index is 0.191. The van der Waals surface area contributed by atoms with Gasteiger partial charge in [0.2, 0.25) is 0 Å². The number of hydrogen-bond acceptors (Lipinski definition) is 3. The Morgan fingerprint density at radius 2 is 2.33 bits per heavy atom. The van der Waals surface area contributed by atoms with Crippen LogP contribution < -0.4 is 5.32 Å². The fraction of sp³-hybridized carbons (Fsp3) is 0.231. The second-order valence-electron chi connectivity index (χ2n) is 3.75. The second kappa shape index (κ2) is 5.98. The quantitative estimate of drug-likeness (QED) is 0.873. The van der Waals surface area contributed by atoms with E-state index in [2.05, 4.69) is 23.3 Å². The van der Waals surface area contributed by atoms with E-state index >= 15 is 0 Å². The molecule has 3 nitrogen and oxygen atoms in total. The number of thiophene rings is 1. The maximum absolute atomic E-state index is 11.9. The predicted octanol–water partition coefficient (Wildman–Crippen LogP) is 3.29. The lowest BCUT2D eigenvalue weighted by Gasteiger charge is -2.06. The van der Waals surface area contributed by atoms with Gasteiger partial charge in [0.05, 0.1) is 12.1 Å². The van der Waals surface area contributed by atoms with E-state index in [0.29, 0.717) is 12.1 Å². The number of carbonyl (C=O) groups excluding carboxylic acids is 1. The first-order chi connectivity index (χ1) is 8.72. The number of aryl methyl sites for hydroxylation is 1. The molecule has 2 aromatic rings. The summed E-state index contributed by atoms with van der Waals surface area (Å²) in [4.78, 5) is 17.0. The van der Waals surface area contributed by atoms with Gasteiger partial charge in [0.15, 0.2) is 0 Å². The minimum atomic E-state index is -0.191. The summed E-state index contributed by atoms with van der Waals surface area (Å²) in [5, 5.41) is 5.14. The number of rotatable bonds is 4. The van der Waals surface area contributed by atoms with Crippen LogP contribution >= 0.6 is 22.9 Å². The van der Waals surface area contributed by atoms with Gasteiger partial charge in [-0.1, -0.05) is 18.5 Å². The van der Waals surface area contributed by atoms with Crippen molar-refractivity contribution < 1.29 is 4.79 Å². The Hall–Kier alpha value is -1.39. The van der Waals surface area contributed by atoms with Gasteiger partial charge in [-0.05, 0) is 35.6 Å². The molecule has 5 heteroatoms. The Labute approximate surface area is 115 Å². The summed E-state index contributed by atoms with van der Waals surface area (Å²) >= 11 is 7.52. The molecule has 94 valence electrons. The Bertz CT molecular complexity index is 553. The van der Waals surface area contributed by atoms with Crippen molar-refractivity contribution in [3.05, 3.63) is 50.9 Å². The van der Waals surface area contributed by atoms with Crippen molar-refractivity contribution in [2.45, 2.75) is 19.9 Å². The van der Waals surface area contributed by atoms with Gasteiger partial charge in [0, 0.05) is 11.1 Å². The van der Waals surface area contributed by atoms with Crippen LogP contribution in [0.5, 0.6) is 0 Å². The highest BCUT2D eigenvalue weighted by molar-refractivity contribution is 7.10. The van der Waals surface area contributed by atoms with Crippen LogP contribution in [-0.2, 0) is 13.0 Å². The third kappa shape index (κ3) is 2.89. The fourth-order valence-electron chi connectivity index (χ4n) is 1.65. The zero-order chi connectivity index (χ0) is 13.0. The summed E-state index contributed by atoms with van der Waals surface area (Å²) in [6.07, 6.45) is 2.54. The lowest BCUT2D eigenvalue weighted by Crippen LogP contribution is -2.23. The maximum Gasteiger partial charge on any atom is 0.254 e. The molecule has 0 radical (unpaired) electrons. The van der Waals surface area contributed by atoms with Crippen LogP contribution in [0.1, 0.15) is 27.7 Å². The van der Waals surface area contributed by atoms with Crippen molar-refractivity contribution in [1.82, 2.24) is 10.3 Å². The van der Waals surface area contributed by atoms with Crippen LogP contribution in [0.15, 0.2) is 29.8 Å². The largest absolute Gasteiger partial charge is 0.347 e. The second-order valence-corrected chi connectivity index (χ2v) is 5.11. The number of amides is 1. The molecule has 2 rings (SSSR count). The molecule has 0 saturated heterocycles. The van der Waals surface area contributed by atoms with Crippen LogP contribution in [0.4, 0.5) is 0 Å². The molecule has 0 aliphatic rings. The van der Waals surface area contributed by atoms with E-state index in [1.54, 1.807) is 29.7 Å². The summed E-state index contributed by atoms with van der Waals surface area (Å²) in [5.74, 6) is -0.191. The van der Waals surface area contributed by atoms with E-state index in [4.69, 9.17) is 11.6 Å². The first-order valence-corrected chi connectivity index (χ1v) is 6.92. The van der Waals surface area contributed by atoms with Crippen LogP contribution in [0.3, 0.4) is 0 Å². The molecule has 0 bridgehead atoms. The lowest BCUT2D eigenvalue weighted by atomic mass is 10.2. The highest BCUT2D eigenvalue weighted by atomic mass is 35.5. The average Bonchev–Trinajstić information content (AvgIpc) is 2.84. The smallest absolute Gasteiger partial charge is 0.254 e. The molecule has 0 aliphatic heterocycles. The molecule has 0 aromatic carbocycles. The highest BCUT2D eigenvalue weighted by Crippen LogP contribution is 2.17. The van der Waals surface area contributed by atoms with Crippen molar-refractivity contribution in [2.75, 3.05) is 0 Å². The standard InChI is InChI=1S/C13H13ClN2OS/c1-2-9-5-7-18-11(9)8-16-13(17)10-4-3-6-15-12(10)14/h3-7H,2,8H2,1H3,(H,16,17). The zero-order valence-corrected chi connectivity index (χ0v) is 11.5. The van der Waals surface area contributed by atoms with Gasteiger partial charge >= 0.3 is 0 Å². The molecule has 1 N–H and O–H groups in total. The molecular weight excluding hydrogens is 268 g/mol. The van der Waals surface area contributed by atoms with Gasteiger partial charge in [-0.25, -0.2) is 4.98 Å². The molecule has 0 unspecified atom stereocenters. The van der Waals surface area contributed by atoms with Gasteiger partial charge in [0.25, 0.3) is 5.91 Å². The van der Waals surface area contributed by atoms with Crippen LogP contribution in [0.25, 0.3) is 0 Å². The van der Waals surface area contributed by atoms with Crippen molar-refractivity contribution in [2.24, 2.45) is 0 Å². The normalized spacial score (nSPS) is 10.3. The van der Waals surface area contributed by atoms with Gasteiger partial charge in [-0.3, -0.25) is 4.79 Å². The third-order valence-corrected chi connectivity index (χ3v) is 3.90. The van der Waals surface area contributed by atoms with E-state index in [9.17, 15) is 4.79 Å². The fourth-order valence-corrected chi connectivity index (χ4v) is 2.77. The van der Waals surface area contributed by atoms with Gasteiger partial charge < -0.3 is 5.32 Å². The van der Waals surface area contributed by atoms with Crippen LogP contribution in [0, 0.1) is 0 Å². The molecule has 0 fully saturated rings. The number of carbonyl (C=O) groups is 1. The molecule has 0 aliphatic carbocycles. The SMILES string of the molecule is CCc1ccsc1CNC(=O)c1cccnc1Cl. The molecule has 0 atom stereocenters. The van der Waals surface area contributed by atoms with Gasteiger partial charge in [-0.15, -0.1) is 11.3 Å². The summed E-state index contributed by atoms with van der Waals surface area (Å²) in [6.45, 7) is 2.64. The Morgan fingerprint density at radius 1 is 1.50 bits per heavy atom. The zero-order valence-electron chi connectivity index (χ0n) is 9.94. The van der Waals surface area contributed by atoms with E-state index < -0.39 is 0 Å². The Balaban J connectivity index is 2.03. The monoisotopic (exact) mass is 280 g/mol. The van der Waals surface area contributed by atoms with Crippen molar-refractivity contribution >= 4 is 28.8 Å². The molecule has 0 spiro atoms. The molecule has 18 heavy (non-hydrogen) atoms. The van der Waals surface area contributed by atoms with E-state index in [0.717, 1.165) is 6.42 Å². The van der Waals surface area contributed by atoms with Gasteiger partial charge in [0.1, 0.15) is 5.15 Å². The first-order valence-electron chi connectivity index (χ1n) is 5.66. The number of pyridine rings is 1. The third-order valence-electron chi connectivity index (χ3n) is 2.63. The van der Waals surface area contributed by atoms with E-state index in [-0.39, 0.29) is 11.1 Å². The number of aromatic nitrogens is 1. The Morgan fingerprint density at radius 3 is 3.06 bits per heavy atom. The van der Waals surface area contributed by atoms with Crippen LogP contribution in [-0.4, -0.2) is 10.9 Å².